The van der Waals surface area contributed by atoms with Crippen molar-refractivity contribution in [2.75, 3.05) is 5.32 Å². The van der Waals surface area contributed by atoms with Crippen LogP contribution in [0.2, 0.25) is 15.1 Å². The number of nitrogens with one attached hydrogen (secondary N) is 1. The predicted molar refractivity (Wildman–Crippen MR) is 83.3 cm³/mol. The Morgan fingerprint density at radius 1 is 0.950 bits per heavy atom. The van der Waals surface area contributed by atoms with Gasteiger partial charge in [-0.1, -0.05) is 40.9 Å². The first kappa shape index (κ1) is 15.1. The van der Waals surface area contributed by atoms with Gasteiger partial charge in [-0.05, 0) is 31.2 Å². The molecule has 2 rings (SSSR count). The molecule has 2 aromatic rings. The van der Waals surface area contributed by atoms with Gasteiger partial charge in [0, 0.05) is 0 Å². The summed E-state index contributed by atoms with van der Waals surface area (Å²) < 4.78 is 0. The Morgan fingerprint density at radius 2 is 1.50 bits per heavy atom. The fourth-order valence-corrected chi connectivity index (χ4v) is 2.52. The van der Waals surface area contributed by atoms with Crippen molar-refractivity contribution in [3.05, 3.63) is 51.0 Å². The molecule has 0 saturated carbocycles. The van der Waals surface area contributed by atoms with E-state index in [-0.39, 0.29) is 17.5 Å². The van der Waals surface area contributed by atoms with E-state index in [1.165, 1.54) is 18.2 Å². The van der Waals surface area contributed by atoms with Gasteiger partial charge in [0.15, 0.2) is 0 Å². The molecule has 1 atom stereocenters. The first-order chi connectivity index (χ1) is 9.40. The lowest BCUT2D eigenvalue weighted by molar-refractivity contribution is 0.434. The van der Waals surface area contributed by atoms with E-state index in [0.29, 0.717) is 26.3 Å². The molecular formula is C14H12Cl3NO2. The quantitative estimate of drug-likeness (QED) is 0.674. The Hall–Kier alpha value is -1.29. The van der Waals surface area contributed by atoms with Crippen molar-refractivity contribution >= 4 is 40.5 Å². The lowest BCUT2D eigenvalue weighted by atomic mass is 10.1. The Labute approximate surface area is 131 Å². The van der Waals surface area contributed by atoms with Crippen molar-refractivity contribution < 1.29 is 10.2 Å². The van der Waals surface area contributed by atoms with E-state index in [1.807, 2.05) is 0 Å². The number of phenols is 2. The summed E-state index contributed by atoms with van der Waals surface area (Å²) in [5.41, 5.74) is 0.950. The van der Waals surface area contributed by atoms with Gasteiger partial charge in [-0.2, -0.15) is 0 Å². The summed E-state index contributed by atoms with van der Waals surface area (Å²) in [6, 6.07) is 7.33. The molecule has 0 radical (unpaired) electrons. The Balaban J connectivity index is 2.33. The molecule has 20 heavy (non-hydrogen) atoms. The van der Waals surface area contributed by atoms with Gasteiger partial charge in [-0.3, -0.25) is 0 Å². The van der Waals surface area contributed by atoms with Crippen LogP contribution >= 0.6 is 34.8 Å². The Morgan fingerprint density at radius 3 is 2.10 bits per heavy atom. The van der Waals surface area contributed by atoms with Crippen molar-refractivity contribution in [2.45, 2.75) is 13.0 Å². The van der Waals surface area contributed by atoms with E-state index in [9.17, 15) is 10.2 Å². The molecule has 0 aromatic heterocycles. The molecule has 0 aliphatic carbocycles. The number of hydrogen-bond acceptors (Lipinski definition) is 3. The summed E-state index contributed by atoms with van der Waals surface area (Å²) in [6.45, 7) is 1.79. The third kappa shape index (κ3) is 3.06. The molecule has 3 N–H and O–H groups in total. The smallest absolute Gasteiger partial charge is 0.124 e. The molecule has 0 aliphatic rings. The zero-order chi connectivity index (χ0) is 14.9. The number of halogens is 3. The lowest BCUT2D eigenvalue weighted by Gasteiger charge is -2.19. The zero-order valence-electron chi connectivity index (χ0n) is 10.5. The molecular weight excluding hydrogens is 321 g/mol. The first-order valence-corrected chi connectivity index (χ1v) is 6.95. The van der Waals surface area contributed by atoms with E-state index < -0.39 is 0 Å². The van der Waals surface area contributed by atoms with Gasteiger partial charge in [0.1, 0.15) is 11.5 Å². The maximum atomic E-state index is 9.83. The maximum absolute atomic E-state index is 9.83. The standard InChI is InChI=1S/C14H12Cl3NO2/c1-7(14-12(19)3-2-4-13(14)20)18-11-6-9(16)8(15)5-10(11)17/h2-7,18-20H,1H3. The van der Waals surface area contributed by atoms with Gasteiger partial charge in [0.25, 0.3) is 0 Å². The third-order valence-corrected chi connectivity index (χ3v) is 3.91. The Kier molecular flexibility index (Phi) is 4.53. The van der Waals surface area contributed by atoms with Crippen LogP contribution < -0.4 is 5.32 Å². The molecule has 0 spiro atoms. The number of aromatic hydroxyl groups is 2. The van der Waals surface area contributed by atoms with Gasteiger partial charge in [-0.15, -0.1) is 0 Å². The highest BCUT2D eigenvalue weighted by Gasteiger charge is 2.16. The molecule has 106 valence electrons. The molecule has 2 aromatic carbocycles. The number of hydrogen-bond donors (Lipinski definition) is 3. The summed E-state index contributed by atoms with van der Waals surface area (Å²) in [4.78, 5) is 0. The van der Waals surface area contributed by atoms with Crippen LogP contribution in [0.3, 0.4) is 0 Å². The Bertz CT molecular complexity index is 626. The largest absolute Gasteiger partial charge is 0.507 e. The summed E-state index contributed by atoms with van der Waals surface area (Å²) in [6.07, 6.45) is 0. The number of anilines is 1. The molecule has 0 aliphatic heterocycles. The molecule has 0 amide bonds. The summed E-state index contributed by atoms with van der Waals surface area (Å²) in [5.74, 6) is 0.00219. The zero-order valence-corrected chi connectivity index (χ0v) is 12.8. The fraction of sp³-hybridized carbons (Fsp3) is 0.143. The first-order valence-electron chi connectivity index (χ1n) is 5.82. The molecule has 0 fully saturated rings. The lowest BCUT2D eigenvalue weighted by Crippen LogP contribution is -2.07. The normalized spacial score (nSPS) is 12.2. The molecule has 0 heterocycles. The minimum absolute atomic E-state index is 0.00110. The monoisotopic (exact) mass is 331 g/mol. The highest BCUT2D eigenvalue weighted by Crippen LogP contribution is 2.37. The topological polar surface area (TPSA) is 52.5 Å². The highest BCUT2D eigenvalue weighted by molar-refractivity contribution is 6.44. The number of benzene rings is 2. The van der Waals surface area contributed by atoms with Gasteiger partial charge in [0.2, 0.25) is 0 Å². The fourth-order valence-electron chi connectivity index (χ4n) is 1.92. The molecule has 0 saturated heterocycles. The van der Waals surface area contributed by atoms with Crippen LogP contribution in [0.4, 0.5) is 5.69 Å². The number of rotatable bonds is 3. The molecule has 6 heteroatoms. The molecule has 1 unspecified atom stereocenters. The van der Waals surface area contributed by atoms with E-state index in [1.54, 1.807) is 19.1 Å². The second-order valence-electron chi connectivity index (χ2n) is 4.32. The number of phenolic OH excluding ortho intramolecular Hbond substituents is 2. The van der Waals surface area contributed by atoms with Gasteiger partial charge >= 0.3 is 0 Å². The summed E-state index contributed by atoms with van der Waals surface area (Å²) in [7, 11) is 0. The van der Waals surface area contributed by atoms with E-state index >= 15 is 0 Å². The van der Waals surface area contributed by atoms with Gasteiger partial charge in [0.05, 0.1) is 32.4 Å². The SMILES string of the molecule is CC(Nc1cc(Cl)c(Cl)cc1Cl)c1c(O)cccc1O. The summed E-state index contributed by atoms with van der Waals surface area (Å²) >= 11 is 17.9. The third-order valence-electron chi connectivity index (χ3n) is 2.88. The van der Waals surface area contributed by atoms with Crippen molar-refractivity contribution in [3.8, 4) is 11.5 Å². The van der Waals surface area contributed by atoms with Gasteiger partial charge in [-0.25, -0.2) is 0 Å². The minimum atomic E-state index is -0.369. The van der Waals surface area contributed by atoms with Crippen LogP contribution in [0.1, 0.15) is 18.5 Å². The average Bonchev–Trinajstić information content (AvgIpc) is 2.35. The van der Waals surface area contributed by atoms with E-state index in [0.717, 1.165) is 0 Å². The van der Waals surface area contributed by atoms with Crippen LogP contribution in [-0.4, -0.2) is 10.2 Å². The van der Waals surface area contributed by atoms with Crippen molar-refractivity contribution in [3.63, 3.8) is 0 Å². The molecule has 0 bridgehead atoms. The van der Waals surface area contributed by atoms with Crippen molar-refractivity contribution in [1.29, 1.82) is 0 Å². The van der Waals surface area contributed by atoms with Gasteiger partial charge < -0.3 is 15.5 Å². The van der Waals surface area contributed by atoms with E-state index in [4.69, 9.17) is 34.8 Å². The van der Waals surface area contributed by atoms with E-state index in [2.05, 4.69) is 5.32 Å². The minimum Gasteiger partial charge on any atom is -0.507 e. The van der Waals surface area contributed by atoms with Crippen molar-refractivity contribution in [1.82, 2.24) is 0 Å². The molecule has 3 nitrogen and oxygen atoms in total. The van der Waals surface area contributed by atoms with Crippen LogP contribution in [0, 0.1) is 0 Å². The van der Waals surface area contributed by atoms with Crippen molar-refractivity contribution in [2.24, 2.45) is 0 Å². The second-order valence-corrected chi connectivity index (χ2v) is 5.54. The second kappa shape index (κ2) is 6.00. The predicted octanol–water partition coefficient (Wildman–Crippen LogP) is 5.23. The maximum Gasteiger partial charge on any atom is 0.124 e. The van der Waals surface area contributed by atoms with Crippen LogP contribution in [0.15, 0.2) is 30.3 Å². The van der Waals surface area contributed by atoms with Crippen LogP contribution in [0.25, 0.3) is 0 Å². The average molecular weight is 333 g/mol. The highest BCUT2D eigenvalue weighted by atomic mass is 35.5. The van der Waals surface area contributed by atoms with Crippen LogP contribution in [0.5, 0.6) is 11.5 Å². The summed E-state index contributed by atoms with van der Waals surface area (Å²) in [5, 5.41) is 23.9. The van der Waals surface area contributed by atoms with Crippen LogP contribution in [-0.2, 0) is 0 Å².